The lowest BCUT2D eigenvalue weighted by molar-refractivity contribution is 0.454. The van der Waals surface area contributed by atoms with Crippen LogP contribution >= 0.6 is 11.8 Å². The Morgan fingerprint density at radius 1 is 1.33 bits per heavy atom. The molecule has 78 valence electrons. The summed E-state index contributed by atoms with van der Waals surface area (Å²) in [5.74, 6) is 0.0790. The Labute approximate surface area is 92.8 Å². The first-order valence-corrected chi connectivity index (χ1v) is 5.86. The number of hydrogen-bond donors (Lipinski definition) is 1. The van der Waals surface area contributed by atoms with Gasteiger partial charge in [-0.1, -0.05) is 42.1 Å². The maximum Gasteiger partial charge on any atom is 0.230 e. The van der Waals surface area contributed by atoms with Crippen LogP contribution in [-0.2, 0) is 6.54 Å². The maximum absolute atomic E-state index is 9.30. The number of hydrogen-bond acceptors (Lipinski definition) is 3. The van der Waals surface area contributed by atoms with E-state index in [1.54, 1.807) is 6.20 Å². The SMILES string of the molecule is CSc1nc(O)cn1Cc1ccccc1. The molecule has 1 aromatic carbocycles. The predicted octanol–water partition coefficient (Wildman–Crippen LogP) is 2.36. The monoisotopic (exact) mass is 220 g/mol. The maximum atomic E-state index is 9.30. The van der Waals surface area contributed by atoms with Crippen LogP contribution in [0.2, 0.25) is 0 Å². The number of aromatic nitrogens is 2. The zero-order chi connectivity index (χ0) is 10.7. The van der Waals surface area contributed by atoms with E-state index in [0.29, 0.717) is 0 Å². The molecule has 0 aliphatic carbocycles. The molecule has 0 aliphatic heterocycles. The van der Waals surface area contributed by atoms with E-state index >= 15 is 0 Å². The number of benzene rings is 1. The second-order valence-electron chi connectivity index (χ2n) is 3.20. The fourth-order valence-corrected chi connectivity index (χ4v) is 1.98. The molecule has 0 spiro atoms. The Bertz CT molecular complexity index is 439. The third-order valence-electron chi connectivity index (χ3n) is 2.11. The van der Waals surface area contributed by atoms with Gasteiger partial charge in [-0.2, -0.15) is 4.98 Å². The number of imidazole rings is 1. The van der Waals surface area contributed by atoms with E-state index in [1.807, 2.05) is 29.0 Å². The summed E-state index contributed by atoms with van der Waals surface area (Å²) < 4.78 is 1.94. The van der Waals surface area contributed by atoms with Crippen molar-refractivity contribution in [2.24, 2.45) is 0 Å². The van der Waals surface area contributed by atoms with Crippen molar-refractivity contribution in [3.05, 3.63) is 42.1 Å². The van der Waals surface area contributed by atoms with Crippen molar-refractivity contribution in [1.82, 2.24) is 9.55 Å². The van der Waals surface area contributed by atoms with Gasteiger partial charge in [-0.25, -0.2) is 0 Å². The molecule has 1 N–H and O–H groups in total. The molecular formula is C11H12N2OS. The van der Waals surface area contributed by atoms with Gasteiger partial charge in [-0.15, -0.1) is 0 Å². The fourth-order valence-electron chi connectivity index (χ4n) is 1.44. The molecule has 0 saturated heterocycles. The first-order chi connectivity index (χ1) is 7.29. The molecule has 0 amide bonds. The molecule has 0 bridgehead atoms. The quantitative estimate of drug-likeness (QED) is 0.807. The molecule has 3 nitrogen and oxygen atoms in total. The molecule has 1 aromatic heterocycles. The Kier molecular flexibility index (Phi) is 2.97. The first kappa shape index (κ1) is 10.1. The normalized spacial score (nSPS) is 10.5. The largest absolute Gasteiger partial charge is 0.492 e. The van der Waals surface area contributed by atoms with Gasteiger partial charge in [0.05, 0.1) is 6.20 Å². The van der Waals surface area contributed by atoms with Gasteiger partial charge in [-0.3, -0.25) is 0 Å². The summed E-state index contributed by atoms with van der Waals surface area (Å²) in [7, 11) is 0. The molecule has 1 heterocycles. The van der Waals surface area contributed by atoms with Gasteiger partial charge in [0.2, 0.25) is 5.88 Å². The summed E-state index contributed by atoms with van der Waals surface area (Å²) in [4.78, 5) is 4.01. The van der Waals surface area contributed by atoms with Crippen LogP contribution in [0.4, 0.5) is 0 Å². The summed E-state index contributed by atoms with van der Waals surface area (Å²) >= 11 is 1.53. The van der Waals surface area contributed by atoms with Crippen LogP contribution in [0.3, 0.4) is 0 Å². The summed E-state index contributed by atoms with van der Waals surface area (Å²) in [5.41, 5.74) is 1.20. The molecule has 0 atom stereocenters. The van der Waals surface area contributed by atoms with E-state index < -0.39 is 0 Å². The van der Waals surface area contributed by atoms with E-state index in [1.165, 1.54) is 17.3 Å². The third kappa shape index (κ3) is 2.33. The smallest absolute Gasteiger partial charge is 0.230 e. The molecular weight excluding hydrogens is 208 g/mol. The van der Waals surface area contributed by atoms with Crippen molar-refractivity contribution in [3.8, 4) is 5.88 Å². The van der Waals surface area contributed by atoms with E-state index in [0.717, 1.165) is 11.7 Å². The van der Waals surface area contributed by atoms with Gasteiger partial charge < -0.3 is 9.67 Å². The highest BCUT2D eigenvalue weighted by atomic mass is 32.2. The minimum atomic E-state index is 0.0790. The molecule has 2 aromatic rings. The van der Waals surface area contributed by atoms with Crippen molar-refractivity contribution in [2.75, 3.05) is 6.26 Å². The molecule has 0 fully saturated rings. The van der Waals surface area contributed by atoms with Crippen molar-refractivity contribution in [2.45, 2.75) is 11.7 Å². The summed E-state index contributed by atoms with van der Waals surface area (Å²) in [5, 5.41) is 10.1. The van der Waals surface area contributed by atoms with Crippen LogP contribution in [0.15, 0.2) is 41.7 Å². The highest BCUT2D eigenvalue weighted by Gasteiger charge is 2.05. The van der Waals surface area contributed by atoms with Gasteiger partial charge in [0.15, 0.2) is 5.16 Å². The van der Waals surface area contributed by atoms with Crippen molar-refractivity contribution >= 4 is 11.8 Å². The standard InChI is InChI=1S/C11H12N2OS/c1-15-11-12-10(14)8-13(11)7-9-5-3-2-4-6-9/h2-6,8,14H,7H2,1H3. The Balaban J connectivity index is 2.24. The first-order valence-electron chi connectivity index (χ1n) is 4.63. The van der Waals surface area contributed by atoms with Gasteiger partial charge in [0.25, 0.3) is 0 Å². The molecule has 0 unspecified atom stereocenters. The average molecular weight is 220 g/mol. The van der Waals surface area contributed by atoms with E-state index in [4.69, 9.17) is 0 Å². The van der Waals surface area contributed by atoms with Gasteiger partial charge in [0, 0.05) is 6.54 Å². The second kappa shape index (κ2) is 4.40. The third-order valence-corrected chi connectivity index (χ3v) is 2.80. The minimum absolute atomic E-state index is 0.0790. The second-order valence-corrected chi connectivity index (χ2v) is 3.97. The Hall–Kier alpha value is -1.42. The molecule has 0 saturated carbocycles. The fraction of sp³-hybridized carbons (Fsp3) is 0.182. The van der Waals surface area contributed by atoms with Crippen LogP contribution in [-0.4, -0.2) is 20.9 Å². The number of nitrogens with zero attached hydrogens (tertiary/aromatic N) is 2. The van der Waals surface area contributed by atoms with Crippen LogP contribution < -0.4 is 0 Å². The van der Waals surface area contributed by atoms with Crippen molar-refractivity contribution < 1.29 is 5.11 Å². The molecule has 4 heteroatoms. The molecule has 2 rings (SSSR count). The Morgan fingerprint density at radius 2 is 2.07 bits per heavy atom. The van der Waals surface area contributed by atoms with Crippen LogP contribution in [0, 0.1) is 0 Å². The van der Waals surface area contributed by atoms with Crippen molar-refractivity contribution in [1.29, 1.82) is 0 Å². The lowest BCUT2D eigenvalue weighted by Gasteiger charge is -2.04. The van der Waals surface area contributed by atoms with Crippen LogP contribution in [0.25, 0.3) is 0 Å². The van der Waals surface area contributed by atoms with E-state index in [-0.39, 0.29) is 5.88 Å². The zero-order valence-corrected chi connectivity index (χ0v) is 9.24. The number of rotatable bonds is 3. The number of thioether (sulfide) groups is 1. The zero-order valence-electron chi connectivity index (χ0n) is 8.42. The molecule has 0 aliphatic rings. The highest BCUT2D eigenvalue weighted by molar-refractivity contribution is 7.98. The predicted molar refractivity (Wildman–Crippen MR) is 61.2 cm³/mol. The average Bonchev–Trinajstić information content (AvgIpc) is 2.60. The van der Waals surface area contributed by atoms with Crippen LogP contribution in [0.1, 0.15) is 5.56 Å². The van der Waals surface area contributed by atoms with Gasteiger partial charge in [0.1, 0.15) is 0 Å². The van der Waals surface area contributed by atoms with E-state index in [9.17, 15) is 5.11 Å². The molecule has 0 radical (unpaired) electrons. The van der Waals surface area contributed by atoms with Gasteiger partial charge >= 0.3 is 0 Å². The summed E-state index contributed by atoms with van der Waals surface area (Å²) in [6.45, 7) is 0.741. The minimum Gasteiger partial charge on any atom is -0.492 e. The number of aromatic hydroxyl groups is 1. The lowest BCUT2D eigenvalue weighted by Crippen LogP contribution is -1.99. The molecule has 15 heavy (non-hydrogen) atoms. The Morgan fingerprint density at radius 3 is 2.73 bits per heavy atom. The lowest BCUT2D eigenvalue weighted by atomic mass is 10.2. The topological polar surface area (TPSA) is 38.1 Å². The van der Waals surface area contributed by atoms with Gasteiger partial charge in [-0.05, 0) is 11.8 Å². The van der Waals surface area contributed by atoms with E-state index in [2.05, 4.69) is 17.1 Å². The van der Waals surface area contributed by atoms with Crippen LogP contribution in [0.5, 0.6) is 5.88 Å². The summed E-state index contributed by atoms with van der Waals surface area (Å²) in [6.07, 6.45) is 3.60. The summed E-state index contributed by atoms with van der Waals surface area (Å²) in [6, 6.07) is 10.1. The van der Waals surface area contributed by atoms with Crippen molar-refractivity contribution in [3.63, 3.8) is 0 Å². The highest BCUT2D eigenvalue weighted by Crippen LogP contribution is 2.19.